The fourth-order valence-electron chi connectivity index (χ4n) is 2.57. The molecule has 0 amide bonds. The van der Waals surface area contributed by atoms with E-state index in [0.717, 1.165) is 11.1 Å². The Hall–Kier alpha value is -2.01. The molecule has 0 aliphatic carbocycles. The van der Waals surface area contributed by atoms with E-state index in [9.17, 15) is 18.6 Å². The Morgan fingerprint density at radius 2 is 1.27 bits per heavy atom. The minimum Gasteiger partial charge on any atom is -0.507 e. The molecule has 0 spiro atoms. The number of aromatic hydroxyl groups is 2. The van der Waals surface area contributed by atoms with Crippen LogP contribution in [0, 0.1) is 34.6 Å². The van der Waals surface area contributed by atoms with Crippen LogP contribution in [0.15, 0.2) is 28.0 Å². The molecule has 22 heavy (non-hydrogen) atoms. The maximum absolute atomic E-state index is 12.9. The zero-order valence-corrected chi connectivity index (χ0v) is 14.2. The highest BCUT2D eigenvalue weighted by Gasteiger charge is 2.26. The van der Waals surface area contributed by atoms with E-state index in [1.54, 1.807) is 20.8 Å². The Morgan fingerprint density at radius 3 is 1.77 bits per heavy atom. The van der Waals surface area contributed by atoms with E-state index in [2.05, 4.69) is 0 Å². The van der Waals surface area contributed by atoms with E-state index in [0.29, 0.717) is 16.7 Å². The molecule has 2 aromatic carbocycles. The molecule has 0 unspecified atom stereocenters. The van der Waals surface area contributed by atoms with Crippen LogP contribution in [0.1, 0.15) is 27.8 Å². The number of sulfone groups is 1. The van der Waals surface area contributed by atoms with E-state index in [1.165, 1.54) is 18.2 Å². The summed E-state index contributed by atoms with van der Waals surface area (Å²) in [5, 5.41) is 20.0. The molecule has 0 heterocycles. The van der Waals surface area contributed by atoms with Crippen molar-refractivity contribution in [1.82, 2.24) is 0 Å². The minimum atomic E-state index is -3.86. The summed E-state index contributed by atoms with van der Waals surface area (Å²) in [7, 11) is -3.86. The Morgan fingerprint density at radius 1 is 0.773 bits per heavy atom. The first-order valence-electron chi connectivity index (χ1n) is 6.92. The molecule has 0 aromatic heterocycles. The van der Waals surface area contributed by atoms with Crippen LogP contribution in [0.5, 0.6) is 11.5 Å². The van der Waals surface area contributed by atoms with Gasteiger partial charge in [0.05, 0.1) is 4.90 Å². The number of benzene rings is 2. The van der Waals surface area contributed by atoms with Crippen molar-refractivity contribution in [3.63, 3.8) is 0 Å². The average Bonchev–Trinajstić information content (AvgIpc) is 2.41. The topological polar surface area (TPSA) is 74.6 Å². The molecular weight excluding hydrogens is 300 g/mol. The molecule has 4 nitrogen and oxygen atoms in total. The zero-order valence-electron chi connectivity index (χ0n) is 13.4. The third-order valence-corrected chi connectivity index (χ3v) is 6.03. The summed E-state index contributed by atoms with van der Waals surface area (Å²) in [5.74, 6) is -0.163. The standard InChI is InChI=1S/C17H20O4S/c1-9-8-15(18)17(13(5)12(9)4)22(20,21)14-6-10(2)16(19)11(3)7-14/h6-8,18-19H,1-5H3. The molecule has 0 aliphatic heterocycles. The molecule has 2 rings (SSSR count). The molecule has 0 aliphatic rings. The summed E-state index contributed by atoms with van der Waals surface area (Å²) in [4.78, 5) is 0.00189. The lowest BCUT2D eigenvalue weighted by atomic mass is 10.0. The van der Waals surface area contributed by atoms with Crippen molar-refractivity contribution < 1.29 is 18.6 Å². The zero-order chi connectivity index (χ0) is 16.8. The number of rotatable bonds is 2. The fraction of sp³-hybridized carbons (Fsp3) is 0.294. The first-order chi connectivity index (χ1) is 10.1. The number of hydrogen-bond donors (Lipinski definition) is 2. The van der Waals surface area contributed by atoms with E-state index in [4.69, 9.17) is 0 Å². The van der Waals surface area contributed by atoms with Gasteiger partial charge in [-0.25, -0.2) is 8.42 Å². The van der Waals surface area contributed by atoms with E-state index < -0.39 is 9.84 Å². The first-order valence-corrected chi connectivity index (χ1v) is 8.40. The lowest BCUT2D eigenvalue weighted by Gasteiger charge is -2.15. The molecule has 5 heteroatoms. The smallest absolute Gasteiger partial charge is 0.210 e. The predicted molar refractivity (Wildman–Crippen MR) is 85.4 cm³/mol. The molecule has 0 bridgehead atoms. The largest absolute Gasteiger partial charge is 0.507 e. The summed E-state index contributed by atoms with van der Waals surface area (Å²) < 4.78 is 25.8. The second-order valence-electron chi connectivity index (χ2n) is 5.70. The van der Waals surface area contributed by atoms with Crippen LogP contribution in [0.3, 0.4) is 0 Å². The lowest BCUT2D eigenvalue weighted by Crippen LogP contribution is -2.07. The third kappa shape index (κ3) is 2.46. The molecule has 2 N–H and O–H groups in total. The highest BCUT2D eigenvalue weighted by Crippen LogP contribution is 2.36. The molecule has 2 aromatic rings. The van der Waals surface area contributed by atoms with Gasteiger partial charge in [0.1, 0.15) is 16.4 Å². The van der Waals surface area contributed by atoms with Gasteiger partial charge in [0, 0.05) is 0 Å². The highest BCUT2D eigenvalue weighted by atomic mass is 32.2. The van der Waals surface area contributed by atoms with Crippen molar-refractivity contribution in [3.8, 4) is 11.5 Å². The number of aryl methyl sites for hydroxylation is 3. The fourth-order valence-corrected chi connectivity index (χ4v) is 4.36. The SMILES string of the molecule is Cc1cc(O)c(S(=O)(=O)c2cc(C)c(O)c(C)c2)c(C)c1C. The maximum atomic E-state index is 12.9. The van der Waals surface area contributed by atoms with Crippen molar-refractivity contribution in [1.29, 1.82) is 0 Å². The van der Waals surface area contributed by atoms with Crippen molar-refractivity contribution in [2.24, 2.45) is 0 Å². The van der Waals surface area contributed by atoms with Crippen molar-refractivity contribution in [3.05, 3.63) is 46.0 Å². The molecule has 0 saturated carbocycles. The normalized spacial score (nSPS) is 11.7. The van der Waals surface area contributed by atoms with Crippen LogP contribution in [-0.2, 0) is 9.84 Å². The molecule has 0 fully saturated rings. The summed E-state index contributed by atoms with van der Waals surface area (Å²) >= 11 is 0. The number of hydrogen-bond acceptors (Lipinski definition) is 4. The summed E-state index contributed by atoms with van der Waals surface area (Å²) in [6.07, 6.45) is 0. The van der Waals surface area contributed by atoms with Gasteiger partial charge in [-0.3, -0.25) is 0 Å². The van der Waals surface area contributed by atoms with Gasteiger partial charge in [-0.2, -0.15) is 0 Å². The van der Waals surface area contributed by atoms with Gasteiger partial charge in [-0.05, 0) is 80.6 Å². The van der Waals surface area contributed by atoms with E-state index >= 15 is 0 Å². The van der Waals surface area contributed by atoms with Crippen LogP contribution in [0.25, 0.3) is 0 Å². The average molecular weight is 320 g/mol. The van der Waals surface area contributed by atoms with Gasteiger partial charge in [0.15, 0.2) is 0 Å². The Kier molecular flexibility index (Phi) is 3.96. The van der Waals surface area contributed by atoms with Crippen molar-refractivity contribution >= 4 is 9.84 Å². The summed E-state index contributed by atoms with van der Waals surface area (Å²) in [6.45, 7) is 8.64. The molecule has 0 atom stereocenters. The number of phenolic OH excluding ortho intramolecular Hbond substituents is 2. The Labute approximate surface area is 131 Å². The Bertz CT molecular complexity index is 842. The van der Waals surface area contributed by atoms with Crippen LogP contribution in [-0.4, -0.2) is 18.6 Å². The van der Waals surface area contributed by atoms with Gasteiger partial charge in [0.25, 0.3) is 0 Å². The molecule has 0 radical (unpaired) electrons. The van der Waals surface area contributed by atoms with Gasteiger partial charge in [-0.15, -0.1) is 0 Å². The second kappa shape index (κ2) is 5.32. The van der Waals surface area contributed by atoms with Crippen molar-refractivity contribution in [2.75, 3.05) is 0 Å². The first kappa shape index (κ1) is 16.4. The van der Waals surface area contributed by atoms with Crippen LogP contribution < -0.4 is 0 Å². The minimum absolute atomic E-state index is 0.0694. The van der Waals surface area contributed by atoms with Crippen LogP contribution in [0.4, 0.5) is 0 Å². The van der Waals surface area contributed by atoms with Gasteiger partial charge >= 0.3 is 0 Å². The summed E-state index contributed by atoms with van der Waals surface area (Å²) in [6, 6.07) is 4.31. The third-order valence-electron chi connectivity index (χ3n) is 4.12. The van der Waals surface area contributed by atoms with Crippen LogP contribution >= 0.6 is 0 Å². The molecular formula is C17H20O4S. The van der Waals surface area contributed by atoms with Crippen LogP contribution in [0.2, 0.25) is 0 Å². The van der Waals surface area contributed by atoms with Gasteiger partial charge in [-0.1, -0.05) is 0 Å². The van der Waals surface area contributed by atoms with Gasteiger partial charge < -0.3 is 10.2 Å². The summed E-state index contributed by atoms with van der Waals surface area (Å²) in [5.41, 5.74) is 3.19. The quantitative estimate of drug-likeness (QED) is 0.888. The molecule has 118 valence electrons. The maximum Gasteiger partial charge on any atom is 0.210 e. The number of phenols is 2. The lowest BCUT2D eigenvalue weighted by molar-refractivity contribution is 0.456. The molecule has 0 saturated heterocycles. The monoisotopic (exact) mass is 320 g/mol. The Balaban J connectivity index is 2.80. The predicted octanol–water partition coefficient (Wildman–Crippen LogP) is 3.47. The van der Waals surface area contributed by atoms with Gasteiger partial charge in [0.2, 0.25) is 9.84 Å². The second-order valence-corrected chi connectivity index (χ2v) is 7.59. The van der Waals surface area contributed by atoms with Crippen molar-refractivity contribution in [2.45, 2.75) is 44.4 Å². The van der Waals surface area contributed by atoms with E-state index in [1.807, 2.05) is 13.8 Å². The highest BCUT2D eigenvalue weighted by molar-refractivity contribution is 7.91. The van der Waals surface area contributed by atoms with E-state index in [-0.39, 0.29) is 21.3 Å².